The SMILES string of the molecule is BrCc1ccccc1.C#CC(C)(C)O.C#CC(C)(C)OCc1ccccc1.[HH].[HH].[HH].[HH].[HH].[HH].[HH].[HH].[HH].[HH].[HH].[HH].[HH].[HH].[HH]. The summed E-state index contributed by atoms with van der Waals surface area (Å²) in [6.45, 7) is 7.46. The fraction of sp³-hybridized carbons (Fsp3) is 0.333. The van der Waals surface area contributed by atoms with Crippen LogP contribution in [0.4, 0.5) is 0 Å². The molecule has 0 bridgehead atoms. The number of ether oxygens (including phenoxy) is 1. The fourth-order valence-electron chi connectivity index (χ4n) is 1.45. The van der Waals surface area contributed by atoms with Crippen LogP contribution in [-0.2, 0) is 16.7 Å². The summed E-state index contributed by atoms with van der Waals surface area (Å²) in [5.41, 5.74) is 1.06. The van der Waals surface area contributed by atoms with E-state index in [-0.39, 0.29) is 21.4 Å². The van der Waals surface area contributed by atoms with E-state index in [9.17, 15) is 0 Å². The Balaban J connectivity index is -0.0000000153. The van der Waals surface area contributed by atoms with Crippen molar-refractivity contribution in [3.05, 3.63) is 71.8 Å². The molecule has 3 heteroatoms. The van der Waals surface area contributed by atoms with Crippen molar-refractivity contribution in [2.75, 3.05) is 0 Å². The molecule has 2 rings (SSSR count). The Morgan fingerprint density at radius 1 is 0.889 bits per heavy atom. The normalized spacial score (nSPS) is 10.2. The third-order valence-electron chi connectivity index (χ3n) is 3.14. The molecule has 2 aromatic carbocycles. The summed E-state index contributed by atoms with van der Waals surface area (Å²) in [6.07, 6.45) is 10.1. The summed E-state index contributed by atoms with van der Waals surface area (Å²) in [7, 11) is 0. The van der Waals surface area contributed by atoms with Crippen LogP contribution in [0.5, 0.6) is 0 Å². The van der Waals surface area contributed by atoms with Crippen LogP contribution in [0.15, 0.2) is 60.7 Å². The Kier molecular flexibility index (Phi) is 12.2. The molecule has 0 saturated carbocycles. The highest BCUT2D eigenvalue weighted by Crippen LogP contribution is 2.11. The minimum atomic E-state index is -0.931. The molecule has 0 saturated heterocycles. The lowest BCUT2D eigenvalue weighted by molar-refractivity contribution is 0.0145. The maximum atomic E-state index is 8.59. The largest absolute Gasteiger partial charge is 0.378 e. The summed E-state index contributed by atoms with van der Waals surface area (Å²) in [6, 6.07) is 20.3. The molecule has 0 atom stereocenters. The average molecular weight is 460 g/mol. The van der Waals surface area contributed by atoms with Crippen molar-refractivity contribution in [3.8, 4) is 24.7 Å². The number of hydrogen-bond acceptors (Lipinski definition) is 2. The molecule has 27 heavy (non-hydrogen) atoms. The van der Waals surface area contributed by atoms with E-state index >= 15 is 0 Å². The van der Waals surface area contributed by atoms with Crippen LogP contribution >= 0.6 is 15.9 Å². The minimum absolute atomic E-state index is 0. The Hall–Kier alpha value is -2.04. The van der Waals surface area contributed by atoms with E-state index in [2.05, 4.69) is 39.9 Å². The quantitative estimate of drug-likeness (QED) is 0.364. The van der Waals surface area contributed by atoms with Gasteiger partial charge in [-0.2, -0.15) is 0 Å². The molecular weight excluding hydrogens is 400 g/mol. The molecule has 2 aromatic rings. The third kappa shape index (κ3) is 14.8. The highest BCUT2D eigenvalue weighted by atomic mass is 79.9. The second-order valence-electron chi connectivity index (χ2n) is 6.75. The van der Waals surface area contributed by atoms with Crippen LogP contribution in [0.2, 0.25) is 0 Å². The summed E-state index contributed by atoms with van der Waals surface area (Å²) >= 11 is 3.36. The molecule has 174 valence electrons. The van der Waals surface area contributed by atoms with Gasteiger partial charge in [-0.05, 0) is 38.8 Å². The minimum Gasteiger partial charge on any atom is -0.378 e. The van der Waals surface area contributed by atoms with Crippen molar-refractivity contribution in [1.82, 2.24) is 0 Å². The maximum Gasteiger partial charge on any atom is 0.123 e. The predicted molar refractivity (Wildman–Crippen MR) is 150 cm³/mol. The van der Waals surface area contributed by atoms with Crippen LogP contribution in [0.3, 0.4) is 0 Å². The highest BCUT2D eigenvalue weighted by Gasteiger charge is 2.13. The van der Waals surface area contributed by atoms with Crippen molar-refractivity contribution in [3.63, 3.8) is 0 Å². The van der Waals surface area contributed by atoms with E-state index in [0.717, 1.165) is 10.9 Å². The van der Waals surface area contributed by atoms with Crippen molar-refractivity contribution in [1.29, 1.82) is 0 Å². The van der Waals surface area contributed by atoms with Gasteiger partial charge in [0.2, 0.25) is 0 Å². The Bertz CT molecular complexity index is 742. The first kappa shape index (κ1) is 25.0. The number of rotatable bonds is 4. The topological polar surface area (TPSA) is 29.5 Å². The first-order valence-electron chi connectivity index (χ1n) is 8.59. The number of hydrogen-bond donors (Lipinski definition) is 1. The highest BCUT2D eigenvalue weighted by molar-refractivity contribution is 9.08. The zero-order chi connectivity index (χ0) is 20.8. The summed E-state index contributed by atoms with van der Waals surface area (Å²) in [5, 5.41) is 9.54. The molecule has 0 radical (unpaired) electrons. The maximum absolute atomic E-state index is 8.59. The van der Waals surface area contributed by atoms with E-state index in [4.69, 9.17) is 22.7 Å². The number of halogens is 1. The van der Waals surface area contributed by atoms with E-state index in [0.29, 0.717) is 6.61 Å². The lowest BCUT2D eigenvalue weighted by Crippen LogP contribution is -2.21. The van der Waals surface area contributed by atoms with Gasteiger partial charge in [0, 0.05) is 26.7 Å². The standard InChI is InChI=1S/C12H14O.C7H7Br.C5H8O.15H2/c1-4-12(2,3)13-10-11-8-6-5-7-9-11;8-6-7-4-2-1-3-5-7;1-4-5(2,3)6;;;;;;;;;;;;;;;/h1,5-9H,10H2,2-3H3;1-5H,6H2;1,6H,2-3H3;15*1H. The van der Waals surface area contributed by atoms with Crippen molar-refractivity contribution >= 4 is 15.9 Å². The molecular formula is C24H59BrO2. The smallest absolute Gasteiger partial charge is 0.123 e. The molecule has 0 aliphatic carbocycles. The zero-order valence-corrected chi connectivity index (χ0v) is 18.2. The third-order valence-corrected chi connectivity index (χ3v) is 3.79. The zero-order valence-electron chi connectivity index (χ0n) is 16.6. The van der Waals surface area contributed by atoms with Crippen molar-refractivity contribution in [2.24, 2.45) is 0 Å². The molecule has 0 aliphatic heterocycles. The van der Waals surface area contributed by atoms with Gasteiger partial charge < -0.3 is 9.84 Å². The van der Waals surface area contributed by atoms with Crippen LogP contribution in [0, 0.1) is 24.7 Å². The van der Waals surface area contributed by atoms with Gasteiger partial charge in [-0.15, -0.1) is 12.8 Å². The van der Waals surface area contributed by atoms with Gasteiger partial charge in [0.25, 0.3) is 0 Å². The van der Waals surface area contributed by atoms with E-state index in [1.54, 1.807) is 13.8 Å². The monoisotopic (exact) mass is 458 g/mol. The predicted octanol–water partition coefficient (Wildman–Crippen LogP) is 9.28. The number of aliphatic hydroxyl groups is 1. The molecule has 2 nitrogen and oxygen atoms in total. The first-order valence-corrected chi connectivity index (χ1v) is 9.71. The summed E-state index contributed by atoms with van der Waals surface area (Å²) in [5.74, 6) is 4.75. The number of benzene rings is 2. The molecule has 0 aliphatic rings. The van der Waals surface area contributed by atoms with Gasteiger partial charge in [0.1, 0.15) is 11.2 Å². The van der Waals surface area contributed by atoms with Crippen LogP contribution in [0.25, 0.3) is 0 Å². The van der Waals surface area contributed by atoms with Gasteiger partial charge in [-0.25, -0.2) is 0 Å². The lowest BCUT2D eigenvalue weighted by Gasteiger charge is -2.18. The Morgan fingerprint density at radius 3 is 1.59 bits per heavy atom. The van der Waals surface area contributed by atoms with E-state index in [1.807, 2.05) is 62.4 Å². The summed E-state index contributed by atoms with van der Waals surface area (Å²) in [4.78, 5) is 0. The van der Waals surface area contributed by atoms with Gasteiger partial charge in [0.15, 0.2) is 0 Å². The molecule has 1 N–H and O–H groups in total. The van der Waals surface area contributed by atoms with Gasteiger partial charge >= 0.3 is 0 Å². The van der Waals surface area contributed by atoms with Crippen LogP contribution in [-0.4, -0.2) is 16.3 Å². The van der Waals surface area contributed by atoms with Gasteiger partial charge in [0.05, 0.1) is 6.61 Å². The van der Waals surface area contributed by atoms with E-state index < -0.39 is 11.2 Å². The van der Waals surface area contributed by atoms with Crippen LogP contribution < -0.4 is 0 Å². The number of alkyl halides is 1. The molecule has 0 amide bonds. The second-order valence-corrected chi connectivity index (χ2v) is 7.31. The van der Waals surface area contributed by atoms with Crippen LogP contribution in [0.1, 0.15) is 60.2 Å². The van der Waals surface area contributed by atoms with E-state index in [1.165, 1.54) is 5.56 Å². The molecule has 0 aromatic heterocycles. The Morgan fingerprint density at radius 2 is 1.30 bits per heavy atom. The lowest BCUT2D eigenvalue weighted by atomic mass is 10.1. The molecule has 0 heterocycles. The van der Waals surface area contributed by atoms with Crippen molar-refractivity contribution < 1.29 is 31.2 Å². The second kappa shape index (κ2) is 13.2. The Labute approximate surface area is 195 Å². The van der Waals surface area contributed by atoms with Crippen molar-refractivity contribution in [2.45, 2.75) is 50.8 Å². The molecule has 0 fully saturated rings. The van der Waals surface area contributed by atoms with Gasteiger partial charge in [-0.3, -0.25) is 0 Å². The fourth-order valence-corrected chi connectivity index (χ4v) is 1.82. The molecule has 0 spiro atoms. The summed E-state index contributed by atoms with van der Waals surface area (Å²) < 4.78 is 5.53. The average Bonchev–Trinajstić information content (AvgIpc) is 2.68. The first-order chi connectivity index (χ1) is 12.6. The van der Waals surface area contributed by atoms with Gasteiger partial charge in [-0.1, -0.05) is 88.4 Å². The molecule has 0 unspecified atom stereocenters. The number of terminal acetylenes is 2.